The van der Waals surface area contributed by atoms with E-state index < -0.39 is 6.10 Å². The van der Waals surface area contributed by atoms with E-state index in [-0.39, 0.29) is 18.5 Å². The molecule has 1 atom stereocenters. The molecule has 0 heterocycles. The molecular formula is C61H116O5. The normalized spacial score (nSPS) is 12.2. The SMILES string of the molecule is CCCCC/C=C\C/C=C\CCCCCCCC(=O)OC[C@@H](COCCCCCCCCCCCCCCCCCC)OC(=O)CCCCCCCCCCCCCCCCCCCCC. The molecule has 0 spiro atoms. The van der Waals surface area contributed by atoms with Crippen LogP contribution in [-0.2, 0) is 23.8 Å². The summed E-state index contributed by atoms with van der Waals surface area (Å²) in [5.74, 6) is -0.388. The molecule has 0 fully saturated rings. The zero-order valence-electron chi connectivity index (χ0n) is 45.0. The first-order valence-corrected chi connectivity index (χ1v) is 29.9. The van der Waals surface area contributed by atoms with Crippen molar-refractivity contribution in [2.24, 2.45) is 0 Å². The third-order valence-electron chi connectivity index (χ3n) is 13.5. The molecule has 0 aromatic carbocycles. The van der Waals surface area contributed by atoms with E-state index in [1.807, 2.05) is 0 Å². The lowest BCUT2D eigenvalue weighted by Gasteiger charge is -2.18. The summed E-state index contributed by atoms with van der Waals surface area (Å²) in [7, 11) is 0. The molecule has 0 saturated carbocycles. The Hall–Kier alpha value is -1.62. The lowest BCUT2D eigenvalue weighted by Crippen LogP contribution is -2.30. The molecule has 0 aliphatic heterocycles. The van der Waals surface area contributed by atoms with Crippen LogP contribution >= 0.6 is 0 Å². The largest absolute Gasteiger partial charge is 0.462 e. The van der Waals surface area contributed by atoms with Gasteiger partial charge in [-0.2, -0.15) is 0 Å². The lowest BCUT2D eigenvalue weighted by atomic mass is 10.0. The molecule has 0 unspecified atom stereocenters. The van der Waals surface area contributed by atoms with Crippen molar-refractivity contribution in [3.05, 3.63) is 24.3 Å². The predicted molar refractivity (Wildman–Crippen MR) is 289 cm³/mol. The van der Waals surface area contributed by atoms with Crippen LogP contribution in [0.3, 0.4) is 0 Å². The molecule has 0 radical (unpaired) electrons. The summed E-state index contributed by atoms with van der Waals surface area (Å²) in [6, 6.07) is 0. The Morgan fingerprint density at radius 3 is 1.03 bits per heavy atom. The predicted octanol–water partition coefficient (Wildman–Crippen LogP) is 20.4. The number of carbonyl (C=O) groups excluding carboxylic acids is 2. The van der Waals surface area contributed by atoms with Crippen LogP contribution in [-0.4, -0.2) is 37.9 Å². The van der Waals surface area contributed by atoms with Gasteiger partial charge in [0.15, 0.2) is 6.10 Å². The number of unbranched alkanes of at least 4 members (excludes halogenated alkanes) is 41. The fourth-order valence-corrected chi connectivity index (χ4v) is 9.01. The highest BCUT2D eigenvalue weighted by molar-refractivity contribution is 5.70. The molecule has 0 N–H and O–H groups in total. The van der Waals surface area contributed by atoms with Crippen LogP contribution in [0.1, 0.15) is 329 Å². The Balaban J connectivity index is 4.22. The number of esters is 2. The van der Waals surface area contributed by atoms with E-state index in [0.717, 1.165) is 51.4 Å². The molecule has 0 bridgehead atoms. The zero-order chi connectivity index (χ0) is 47.7. The number of allylic oxidation sites excluding steroid dienone is 4. The van der Waals surface area contributed by atoms with Crippen LogP contribution in [0.15, 0.2) is 24.3 Å². The van der Waals surface area contributed by atoms with Crippen molar-refractivity contribution in [3.8, 4) is 0 Å². The number of carbonyl (C=O) groups is 2. The minimum atomic E-state index is -0.535. The second kappa shape index (κ2) is 57.7. The highest BCUT2D eigenvalue weighted by Gasteiger charge is 2.17. The first-order valence-electron chi connectivity index (χ1n) is 29.9. The average Bonchev–Trinajstić information content (AvgIpc) is 3.32. The fraction of sp³-hybridized carbons (Fsp3) is 0.902. The van der Waals surface area contributed by atoms with E-state index >= 15 is 0 Å². The van der Waals surface area contributed by atoms with Crippen LogP contribution < -0.4 is 0 Å². The third kappa shape index (κ3) is 55.0. The van der Waals surface area contributed by atoms with E-state index in [0.29, 0.717) is 26.1 Å². The van der Waals surface area contributed by atoms with E-state index in [4.69, 9.17) is 14.2 Å². The van der Waals surface area contributed by atoms with Crippen molar-refractivity contribution in [2.75, 3.05) is 19.8 Å². The molecule has 0 aromatic rings. The second-order valence-electron chi connectivity index (χ2n) is 20.3. The second-order valence-corrected chi connectivity index (χ2v) is 20.3. The Labute approximate surface area is 413 Å². The van der Waals surface area contributed by atoms with Gasteiger partial charge in [-0.05, 0) is 51.4 Å². The molecule has 0 rings (SSSR count). The zero-order valence-corrected chi connectivity index (χ0v) is 45.0. The topological polar surface area (TPSA) is 61.8 Å². The average molecular weight is 930 g/mol. The van der Waals surface area contributed by atoms with Crippen molar-refractivity contribution >= 4 is 11.9 Å². The Bertz CT molecular complexity index is 1010. The first kappa shape index (κ1) is 64.4. The van der Waals surface area contributed by atoms with Crippen LogP contribution in [0, 0.1) is 0 Å². The number of ether oxygens (including phenoxy) is 3. The minimum absolute atomic E-state index is 0.0863. The van der Waals surface area contributed by atoms with Gasteiger partial charge in [0.05, 0.1) is 6.61 Å². The maximum atomic E-state index is 12.9. The maximum Gasteiger partial charge on any atom is 0.306 e. The lowest BCUT2D eigenvalue weighted by molar-refractivity contribution is -0.163. The number of hydrogen-bond donors (Lipinski definition) is 0. The van der Waals surface area contributed by atoms with Gasteiger partial charge in [-0.15, -0.1) is 0 Å². The highest BCUT2D eigenvalue weighted by atomic mass is 16.6. The molecule has 5 heteroatoms. The molecule has 0 aliphatic carbocycles. The molecular weight excluding hydrogens is 813 g/mol. The monoisotopic (exact) mass is 929 g/mol. The van der Waals surface area contributed by atoms with Crippen LogP contribution in [0.4, 0.5) is 0 Å². The summed E-state index contributed by atoms with van der Waals surface area (Å²) < 4.78 is 17.5. The molecule has 390 valence electrons. The maximum absolute atomic E-state index is 12.9. The van der Waals surface area contributed by atoms with Gasteiger partial charge in [-0.1, -0.05) is 289 Å². The molecule has 5 nitrogen and oxygen atoms in total. The van der Waals surface area contributed by atoms with Gasteiger partial charge >= 0.3 is 11.9 Å². The van der Waals surface area contributed by atoms with Gasteiger partial charge in [0.1, 0.15) is 6.61 Å². The third-order valence-corrected chi connectivity index (χ3v) is 13.5. The summed E-state index contributed by atoms with van der Waals surface area (Å²) >= 11 is 0. The van der Waals surface area contributed by atoms with Crippen molar-refractivity contribution in [2.45, 2.75) is 335 Å². The van der Waals surface area contributed by atoms with Crippen molar-refractivity contribution < 1.29 is 23.8 Å². The van der Waals surface area contributed by atoms with Crippen molar-refractivity contribution in [1.82, 2.24) is 0 Å². The van der Waals surface area contributed by atoms with Gasteiger partial charge < -0.3 is 14.2 Å². The van der Waals surface area contributed by atoms with Crippen molar-refractivity contribution in [1.29, 1.82) is 0 Å². The van der Waals surface area contributed by atoms with Crippen molar-refractivity contribution in [3.63, 3.8) is 0 Å². The standard InChI is InChI=1S/C61H116O5/c1-4-7-10-13-16-19-22-25-28-30-31-32-34-37-40-43-46-49-52-55-61(63)66-59(57-64-56-53-50-47-44-41-38-35-29-26-23-20-17-14-11-8-5-2)58-65-60(62)54-51-48-45-42-39-36-33-27-24-21-18-15-12-9-6-3/h18,21,27,33,59H,4-17,19-20,22-26,28-32,34-58H2,1-3H3/b21-18-,33-27-/t59-/m1/s1. The summed E-state index contributed by atoms with van der Waals surface area (Å²) in [6.45, 7) is 7.87. The molecule has 0 aliphatic rings. The molecule has 0 amide bonds. The number of hydrogen-bond acceptors (Lipinski definition) is 5. The quantitative estimate of drug-likeness (QED) is 0.0345. The molecule has 0 saturated heterocycles. The van der Waals surface area contributed by atoms with Crippen LogP contribution in [0.2, 0.25) is 0 Å². The smallest absolute Gasteiger partial charge is 0.306 e. The summed E-state index contributed by atoms with van der Waals surface area (Å²) in [4.78, 5) is 25.5. The first-order chi connectivity index (χ1) is 32.6. The van der Waals surface area contributed by atoms with Gasteiger partial charge in [0, 0.05) is 19.4 Å². The van der Waals surface area contributed by atoms with Crippen LogP contribution in [0.5, 0.6) is 0 Å². The van der Waals surface area contributed by atoms with Gasteiger partial charge in [-0.3, -0.25) is 9.59 Å². The summed E-state index contributed by atoms with van der Waals surface area (Å²) in [5.41, 5.74) is 0. The molecule has 0 aromatic heterocycles. The van der Waals surface area contributed by atoms with E-state index in [1.54, 1.807) is 0 Å². The highest BCUT2D eigenvalue weighted by Crippen LogP contribution is 2.17. The minimum Gasteiger partial charge on any atom is -0.462 e. The number of rotatable bonds is 56. The molecule has 66 heavy (non-hydrogen) atoms. The van der Waals surface area contributed by atoms with E-state index in [1.165, 1.54) is 244 Å². The van der Waals surface area contributed by atoms with Gasteiger partial charge in [0.25, 0.3) is 0 Å². The fourth-order valence-electron chi connectivity index (χ4n) is 9.01. The Morgan fingerprint density at radius 1 is 0.333 bits per heavy atom. The van der Waals surface area contributed by atoms with Gasteiger partial charge in [-0.25, -0.2) is 0 Å². The van der Waals surface area contributed by atoms with E-state index in [2.05, 4.69) is 45.1 Å². The Kier molecular flexibility index (Phi) is 56.3. The summed E-state index contributed by atoms with van der Waals surface area (Å²) in [5, 5.41) is 0. The summed E-state index contributed by atoms with van der Waals surface area (Å²) in [6.07, 6.45) is 69.2. The van der Waals surface area contributed by atoms with Gasteiger partial charge in [0.2, 0.25) is 0 Å². The van der Waals surface area contributed by atoms with Crippen LogP contribution in [0.25, 0.3) is 0 Å². The Morgan fingerprint density at radius 2 is 0.636 bits per heavy atom. The van der Waals surface area contributed by atoms with E-state index in [9.17, 15) is 9.59 Å².